The summed E-state index contributed by atoms with van der Waals surface area (Å²) in [6.07, 6.45) is 1.28. The summed E-state index contributed by atoms with van der Waals surface area (Å²) in [7, 11) is 0. The average Bonchev–Trinajstić information content (AvgIpc) is 2.85. The Kier molecular flexibility index (Phi) is 2.10. The van der Waals surface area contributed by atoms with Gasteiger partial charge in [-0.3, -0.25) is 0 Å². The molecule has 1 aliphatic rings. The van der Waals surface area contributed by atoms with E-state index < -0.39 is 0 Å². The Morgan fingerprint density at radius 1 is 1.23 bits per heavy atom. The van der Waals surface area contributed by atoms with E-state index >= 15 is 0 Å². The summed E-state index contributed by atoms with van der Waals surface area (Å²) in [5.41, 5.74) is 1.31. The van der Waals surface area contributed by atoms with Crippen LogP contribution >= 0.6 is 0 Å². The highest BCUT2D eigenvalue weighted by Gasteiger charge is 2.39. The lowest BCUT2D eigenvalue weighted by Gasteiger charge is -2.03. The smallest absolute Gasteiger partial charge is 0.123 e. The van der Waals surface area contributed by atoms with Gasteiger partial charge < -0.3 is 0 Å². The highest BCUT2D eigenvalue weighted by atomic mass is 19.1. The average molecular weight is 178 g/mol. The van der Waals surface area contributed by atoms with E-state index in [2.05, 4.69) is 13.8 Å². The number of halogens is 1. The molecule has 1 fully saturated rings. The van der Waals surface area contributed by atoms with E-state index in [4.69, 9.17) is 0 Å². The fraction of sp³-hybridized carbons (Fsp3) is 0.500. The van der Waals surface area contributed by atoms with Gasteiger partial charge in [0.25, 0.3) is 0 Å². The molecule has 1 aliphatic carbocycles. The van der Waals surface area contributed by atoms with Crippen molar-refractivity contribution in [2.24, 2.45) is 11.8 Å². The van der Waals surface area contributed by atoms with Gasteiger partial charge in [0.15, 0.2) is 0 Å². The van der Waals surface area contributed by atoms with Crippen LogP contribution in [0.3, 0.4) is 0 Å². The third-order valence-electron chi connectivity index (χ3n) is 2.99. The summed E-state index contributed by atoms with van der Waals surface area (Å²) in [6, 6.07) is 6.96. The van der Waals surface area contributed by atoms with Crippen LogP contribution in [-0.2, 0) is 0 Å². The molecule has 0 aromatic heterocycles. The highest BCUT2D eigenvalue weighted by Crippen LogP contribution is 2.51. The molecule has 0 amide bonds. The van der Waals surface area contributed by atoms with Gasteiger partial charge in [-0.15, -0.1) is 0 Å². The highest BCUT2D eigenvalue weighted by molar-refractivity contribution is 5.26. The van der Waals surface area contributed by atoms with Crippen molar-refractivity contribution in [1.29, 1.82) is 0 Å². The van der Waals surface area contributed by atoms with E-state index in [1.54, 1.807) is 12.1 Å². The first kappa shape index (κ1) is 8.74. The van der Waals surface area contributed by atoms with Gasteiger partial charge in [-0.05, 0) is 41.9 Å². The van der Waals surface area contributed by atoms with Gasteiger partial charge in [0.05, 0.1) is 0 Å². The van der Waals surface area contributed by atoms with Crippen molar-refractivity contribution in [3.05, 3.63) is 35.6 Å². The molecule has 2 atom stereocenters. The van der Waals surface area contributed by atoms with Crippen LogP contribution in [0, 0.1) is 17.7 Å². The maximum Gasteiger partial charge on any atom is 0.123 e. The molecule has 0 heterocycles. The number of rotatable bonds is 2. The van der Waals surface area contributed by atoms with Gasteiger partial charge in [-0.2, -0.15) is 0 Å². The Labute approximate surface area is 78.8 Å². The molecule has 70 valence electrons. The topological polar surface area (TPSA) is 0 Å². The molecule has 0 nitrogen and oxygen atoms in total. The lowest BCUT2D eigenvalue weighted by atomic mass is 10.0. The second-order valence-corrected chi connectivity index (χ2v) is 4.30. The first-order chi connectivity index (χ1) is 6.18. The number of hydrogen-bond acceptors (Lipinski definition) is 0. The molecule has 2 rings (SSSR count). The molecule has 1 unspecified atom stereocenters. The van der Waals surface area contributed by atoms with E-state index in [0.29, 0.717) is 5.92 Å². The van der Waals surface area contributed by atoms with Crippen molar-refractivity contribution in [2.45, 2.75) is 26.2 Å². The zero-order valence-corrected chi connectivity index (χ0v) is 8.13. The predicted octanol–water partition coefficient (Wildman–Crippen LogP) is 3.59. The Hall–Kier alpha value is -0.850. The fourth-order valence-corrected chi connectivity index (χ4v) is 2.04. The second kappa shape index (κ2) is 3.13. The van der Waals surface area contributed by atoms with Crippen LogP contribution in [0.1, 0.15) is 31.7 Å². The molecule has 1 heteroatoms. The summed E-state index contributed by atoms with van der Waals surface area (Å²) in [5.74, 6) is 2.15. The van der Waals surface area contributed by atoms with Crippen LogP contribution in [0.15, 0.2) is 24.3 Å². The lowest BCUT2D eigenvalue weighted by Crippen LogP contribution is -1.92. The minimum absolute atomic E-state index is 0.134. The van der Waals surface area contributed by atoms with Gasteiger partial charge in [0.1, 0.15) is 5.82 Å². The Morgan fingerprint density at radius 2 is 1.85 bits per heavy atom. The van der Waals surface area contributed by atoms with Crippen LogP contribution in [-0.4, -0.2) is 0 Å². The van der Waals surface area contributed by atoms with Gasteiger partial charge in [-0.1, -0.05) is 26.0 Å². The minimum atomic E-state index is -0.134. The molecule has 1 saturated carbocycles. The third-order valence-corrected chi connectivity index (χ3v) is 2.99. The van der Waals surface area contributed by atoms with Crippen LogP contribution in [0.4, 0.5) is 4.39 Å². The van der Waals surface area contributed by atoms with Gasteiger partial charge in [0.2, 0.25) is 0 Å². The number of benzene rings is 1. The molecule has 0 radical (unpaired) electrons. The molecule has 0 saturated heterocycles. The van der Waals surface area contributed by atoms with Gasteiger partial charge >= 0.3 is 0 Å². The molecule has 1 aromatic carbocycles. The van der Waals surface area contributed by atoms with E-state index in [1.807, 2.05) is 12.1 Å². The monoisotopic (exact) mass is 178 g/mol. The number of hydrogen-bond donors (Lipinski definition) is 0. The summed E-state index contributed by atoms with van der Waals surface area (Å²) < 4.78 is 12.6. The Bertz CT molecular complexity index is 286. The Balaban J connectivity index is 2.08. The SMILES string of the molecule is CC(C)[C@@H]1CC1c1ccc(F)cc1. The standard InChI is InChI=1S/C12H15F/c1-8(2)11-7-12(11)9-3-5-10(13)6-4-9/h3-6,8,11-12H,7H2,1-2H3/t11-,12?/m0/s1. The lowest BCUT2D eigenvalue weighted by molar-refractivity contribution is 0.548. The van der Waals surface area contributed by atoms with Crippen LogP contribution in [0.25, 0.3) is 0 Å². The Morgan fingerprint density at radius 3 is 2.31 bits per heavy atom. The van der Waals surface area contributed by atoms with Crippen molar-refractivity contribution < 1.29 is 4.39 Å². The van der Waals surface area contributed by atoms with Crippen molar-refractivity contribution in [3.63, 3.8) is 0 Å². The van der Waals surface area contributed by atoms with Crippen LogP contribution < -0.4 is 0 Å². The van der Waals surface area contributed by atoms with Crippen molar-refractivity contribution in [3.8, 4) is 0 Å². The molecule has 1 aromatic rings. The van der Waals surface area contributed by atoms with E-state index in [9.17, 15) is 4.39 Å². The normalized spacial score (nSPS) is 26.5. The molecule has 0 spiro atoms. The summed E-state index contributed by atoms with van der Waals surface area (Å²) in [5, 5.41) is 0. The molecule has 0 aliphatic heterocycles. The summed E-state index contributed by atoms with van der Waals surface area (Å²) >= 11 is 0. The van der Waals surface area contributed by atoms with E-state index in [0.717, 1.165) is 11.8 Å². The summed E-state index contributed by atoms with van der Waals surface area (Å²) in [6.45, 7) is 4.52. The van der Waals surface area contributed by atoms with Gasteiger partial charge in [0, 0.05) is 0 Å². The zero-order valence-electron chi connectivity index (χ0n) is 8.13. The molecular weight excluding hydrogens is 163 g/mol. The van der Waals surface area contributed by atoms with Crippen LogP contribution in [0.5, 0.6) is 0 Å². The van der Waals surface area contributed by atoms with Crippen molar-refractivity contribution >= 4 is 0 Å². The molecule has 0 bridgehead atoms. The molecule has 0 N–H and O–H groups in total. The van der Waals surface area contributed by atoms with Crippen LogP contribution in [0.2, 0.25) is 0 Å². The third kappa shape index (κ3) is 1.74. The maximum absolute atomic E-state index is 12.6. The summed E-state index contributed by atoms with van der Waals surface area (Å²) in [4.78, 5) is 0. The van der Waals surface area contributed by atoms with Crippen molar-refractivity contribution in [2.75, 3.05) is 0 Å². The maximum atomic E-state index is 12.6. The zero-order chi connectivity index (χ0) is 9.42. The van der Waals surface area contributed by atoms with E-state index in [1.165, 1.54) is 12.0 Å². The van der Waals surface area contributed by atoms with Gasteiger partial charge in [-0.25, -0.2) is 4.39 Å². The largest absolute Gasteiger partial charge is 0.207 e. The first-order valence-corrected chi connectivity index (χ1v) is 4.94. The second-order valence-electron chi connectivity index (χ2n) is 4.30. The quantitative estimate of drug-likeness (QED) is 0.649. The molecule has 13 heavy (non-hydrogen) atoms. The molecular formula is C12H15F. The fourth-order valence-electron chi connectivity index (χ4n) is 2.04. The minimum Gasteiger partial charge on any atom is -0.207 e. The predicted molar refractivity (Wildman–Crippen MR) is 52.1 cm³/mol. The van der Waals surface area contributed by atoms with E-state index in [-0.39, 0.29) is 5.82 Å². The van der Waals surface area contributed by atoms with Crippen molar-refractivity contribution in [1.82, 2.24) is 0 Å². The first-order valence-electron chi connectivity index (χ1n) is 4.94.